The van der Waals surface area contributed by atoms with Gasteiger partial charge < -0.3 is 15.3 Å². The van der Waals surface area contributed by atoms with Crippen LogP contribution in [0.5, 0.6) is 5.75 Å². The molecule has 1 saturated carbocycles. The van der Waals surface area contributed by atoms with Gasteiger partial charge in [-0.1, -0.05) is 24.6 Å². The van der Waals surface area contributed by atoms with Gasteiger partial charge in [-0.05, 0) is 31.0 Å². The molecule has 4 rings (SSSR count). The summed E-state index contributed by atoms with van der Waals surface area (Å²) in [7, 11) is 0. The highest BCUT2D eigenvalue weighted by atomic mass is 32.2. The van der Waals surface area contributed by atoms with Crippen molar-refractivity contribution < 1.29 is 9.90 Å². The van der Waals surface area contributed by atoms with Gasteiger partial charge in [-0.25, -0.2) is 0 Å². The Kier molecular flexibility index (Phi) is 3.56. The molecule has 3 aliphatic rings. The minimum Gasteiger partial charge on any atom is -0.506 e. The standard InChI is InChI=1S/C17H19N3O2S/c1-10(21)18-13-8-11(6-7-16(13)22)15-9-23-17-19-12-4-2-3-5-14(12)20(15)17/h6-9,12,14,22H,2-5H2,1H3,(H,18,21)/t12-,14+/m0/s1. The maximum atomic E-state index is 11.3. The second kappa shape index (κ2) is 5.60. The Morgan fingerprint density at radius 3 is 3.04 bits per heavy atom. The van der Waals surface area contributed by atoms with Crippen LogP contribution in [-0.2, 0) is 4.79 Å². The van der Waals surface area contributed by atoms with E-state index in [2.05, 4.69) is 15.6 Å². The highest BCUT2D eigenvalue weighted by Crippen LogP contribution is 2.44. The summed E-state index contributed by atoms with van der Waals surface area (Å²) in [6.07, 6.45) is 4.87. The van der Waals surface area contributed by atoms with E-state index in [4.69, 9.17) is 4.99 Å². The fourth-order valence-corrected chi connectivity index (χ4v) is 4.63. The lowest BCUT2D eigenvalue weighted by molar-refractivity contribution is -0.114. The summed E-state index contributed by atoms with van der Waals surface area (Å²) in [6.45, 7) is 1.44. The van der Waals surface area contributed by atoms with Crippen molar-refractivity contribution in [3.63, 3.8) is 0 Å². The number of carbonyl (C=O) groups excluding carboxylic acids is 1. The summed E-state index contributed by atoms with van der Waals surface area (Å²) in [5.41, 5.74) is 2.57. The van der Waals surface area contributed by atoms with Crippen LogP contribution in [0.15, 0.2) is 28.6 Å². The number of benzene rings is 1. The van der Waals surface area contributed by atoms with E-state index in [1.807, 2.05) is 12.1 Å². The van der Waals surface area contributed by atoms with E-state index in [9.17, 15) is 9.90 Å². The lowest BCUT2D eigenvalue weighted by Gasteiger charge is -2.32. The van der Waals surface area contributed by atoms with Crippen LogP contribution >= 0.6 is 11.8 Å². The number of rotatable bonds is 2. The first kappa shape index (κ1) is 14.6. The first-order valence-corrected chi connectivity index (χ1v) is 8.86. The van der Waals surface area contributed by atoms with Crippen molar-refractivity contribution in [3.05, 3.63) is 29.2 Å². The quantitative estimate of drug-likeness (QED) is 0.817. The van der Waals surface area contributed by atoms with Crippen molar-refractivity contribution >= 4 is 34.2 Å². The fraction of sp³-hybridized carbons (Fsp3) is 0.412. The maximum Gasteiger partial charge on any atom is 0.221 e. The van der Waals surface area contributed by atoms with Gasteiger partial charge in [-0.3, -0.25) is 9.79 Å². The van der Waals surface area contributed by atoms with Crippen molar-refractivity contribution in [2.45, 2.75) is 44.7 Å². The van der Waals surface area contributed by atoms with E-state index < -0.39 is 0 Å². The molecule has 1 aliphatic carbocycles. The molecule has 0 bridgehead atoms. The van der Waals surface area contributed by atoms with Crippen molar-refractivity contribution in [3.8, 4) is 5.75 Å². The molecule has 0 spiro atoms. The zero-order chi connectivity index (χ0) is 16.0. The SMILES string of the molecule is CC(=O)Nc1cc(C2=CSC3=N[C@H]4CCCC[C@H]4N23)ccc1O. The Labute approximate surface area is 139 Å². The zero-order valence-electron chi connectivity index (χ0n) is 13.0. The van der Waals surface area contributed by atoms with Gasteiger partial charge in [0.2, 0.25) is 5.91 Å². The molecule has 2 heterocycles. The van der Waals surface area contributed by atoms with E-state index in [-0.39, 0.29) is 11.7 Å². The molecule has 1 aromatic carbocycles. The Bertz CT molecular complexity index is 729. The second-order valence-corrected chi connectivity index (χ2v) is 7.07. The molecule has 6 heteroatoms. The molecular weight excluding hydrogens is 310 g/mol. The molecule has 1 fully saturated rings. The predicted octanol–water partition coefficient (Wildman–Crippen LogP) is 3.38. The van der Waals surface area contributed by atoms with Crippen LogP contribution in [-0.4, -0.2) is 33.2 Å². The number of amidine groups is 1. The molecular formula is C17H19N3O2S. The van der Waals surface area contributed by atoms with Crippen molar-refractivity contribution in [2.75, 3.05) is 5.32 Å². The Hall–Kier alpha value is -1.95. The number of carbonyl (C=O) groups is 1. The van der Waals surface area contributed by atoms with E-state index in [0.717, 1.165) is 16.4 Å². The first-order chi connectivity index (χ1) is 11.1. The normalized spacial score (nSPS) is 25.5. The van der Waals surface area contributed by atoms with Gasteiger partial charge in [0.05, 0.1) is 23.5 Å². The summed E-state index contributed by atoms with van der Waals surface area (Å²) in [5.74, 6) is -0.107. The number of aliphatic imine (C=N–C) groups is 1. The van der Waals surface area contributed by atoms with Crippen LogP contribution in [0.25, 0.3) is 5.70 Å². The monoisotopic (exact) mass is 329 g/mol. The number of phenolic OH excluding ortho intramolecular Hbond substituents is 1. The number of amides is 1. The number of aromatic hydroxyl groups is 1. The van der Waals surface area contributed by atoms with Crippen molar-refractivity contribution in [2.24, 2.45) is 4.99 Å². The molecule has 5 nitrogen and oxygen atoms in total. The van der Waals surface area contributed by atoms with Gasteiger partial charge in [-0.2, -0.15) is 0 Å². The van der Waals surface area contributed by atoms with Gasteiger partial charge in [0.1, 0.15) is 5.75 Å². The molecule has 2 N–H and O–H groups in total. The van der Waals surface area contributed by atoms with E-state index >= 15 is 0 Å². The Morgan fingerprint density at radius 2 is 2.22 bits per heavy atom. The van der Waals surface area contributed by atoms with Gasteiger partial charge in [0.25, 0.3) is 0 Å². The third kappa shape index (κ3) is 2.51. The molecule has 1 aromatic rings. The lowest BCUT2D eigenvalue weighted by atomic mass is 9.90. The number of nitrogens with one attached hydrogen (secondary N) is 1. The van der Waals surface area contributed by atoms with E-state index in [1.165, 1.54) is 32.6 Å². The summed E-state index contributed by atoms with van der Waals surface area (Å²) in [4.78, 5) is 18.5. The molecule has 0 radical (unpaired) electrons. The van der Waals surface area contributed by atoms with E-state index in [1.54, 1.807) is 17.8 Å². The summed E-state index contributed by atoms with van der Waals surface area (Å²) in [5, 5.41) is 15.8. The van der Waals surface area contributed by atoms with Crippen LogP contribution < -0.4 is 5.32 Å². The second-order valence-electron chi connectivity index (χ2n) is 6.23. The molecule has 2 aliphatic heterocycles. The number of fused-ring (bicyclic) bond motifs is 3. The largest absolute Gasteiger partial charge is 0.506 e. The van der Waals surface area contributed by atoms with Gasteiger partial charge in [0.15, 0.2) is 5.17 Å². The fourth-order valence-electron chi connectivity index (χ4n) is 3.62. The molecule has 0 unspecified atom stereocenters. The van der Waals surface area contributed by atoms with Gasteiger partial charge >= 0.3 is 0 Å². The number of phenols is 1. The maximum absolute atomic E-state index is 11.3. The molecule has 120 valence electrons. The predicted molar refractivity (Wildman–Crippen MR) is 93.3 cm³/mol. The smallest absolute Gasteiger partial charge is 0.221 e. The highest BCUT2D eigenvalue weighted by Gasteiger charge is 2.42. The van der Waals surface area contributed by atoms with Crippen LogP contribution in [0.3, 0.4) is 0 Å². The summed E-state index contributed by atoms with van der Waals surface area (Å²) < 4.78 is 0. The van der Waals surface area contributed by atoms with Crippen LogP contribution in [0.1, 0.15) is 38.2 Å². The number of hydrogen-bond donors (Lipinski definition) is 2. The van der Waals surface area contributed by atoms with Gasteiger partial charge in [-0.15, -0.1) is 0 Å². The lowest BCUT2D eigenvalue weighted by Crippen LogP contribution is -2.38. The molecule has 0 aromatic heterocycles. The van der Waals surface area contributed by atoms with Crippen molar-refractivity contribution in [1.29, 1.82) is 0 Å². The average Bonchev–Trinajstić information content (AvgIpc) is 3.08. The number of anilines is 1. The van der Waals surface area contributed by atoms with Crippen LogP contribution in [0.2, 0.25) is 0 Å². The van der Waals surface area contributed by atoms with Crippen LogP contribution in [0.4, 0.5) is 5.69 Å². The minimum atomic E-state index is -0.192. The zero-order valence-corrected chi connectivity index (χ0v) is 13.8. The Balaban J connectivity index is 1.66. The minimum absolute atomic E-state index is 0.0843. The molecule has 23 heavy (non-hydrogen) atoms. The number of hydrogen-bond acceptors (Lipinski definition) is 5. The number of thioether (sulfide) groups is 1. The molecule has 2 atom stereocenters. The third-order valence-electron chi connectivity index (χ3n) is 4.65. The molecule has 0 saturated heterocycles. The van der Waals surface area contributed by atoms with Gasteiger partial charge in [0, 0.05) is 17.9 Å². The Morgan fingerprint density at radius 1 is 1.39 bits per heavy atom. The molecule has 1 amide bonds. The number of nitrogens with zero attached hydrogens (tertiary/aromatic N) is 2. The average molecular weight is 329 g/mol. The summed E-state index contributed by atoms with van der Waals surface area (Å²) in [6, 6.07) is 6.24. The topological polar surface area (TPSA) is 64.9 Å². The third-order valence-corrected chi connectivity index (χ3v) is 5.50. The summed E-state index contributed by atoms with van der Waals surface area (Å²) >= 11 is 1.67. The van der Waals surface area contributed by atoms with Crippen LogP contribution in [0, 0.1) is 0 Å². The highest BCUT2D eigenvalue weighted by molar-refractivity contribution is 8.16. The first-order valence-electron chi connectivity index (χ1n) is 7.98. The van der Waals surface area contributed by atoms with Crippen molar-refractivity contribution in [1.82, 2.24) is 4.90 Å². The van der Waals surface area contributed by atoms with E-state index in [0.29, 0.717) is 17.8 Å².